The van der Waals surface area contributed by atoms with Crippen LogP contribution in [0, 0.1) is 13.8 Å². The summed E-state index contributed by atoms with van der Waals surface area (Å²) in [5.41, 5.74) is 5.13. The molecule has 0 bridgehead atoms. The number of para-hydroxylation sites is 2. The Labute approximate surface area is 199 Å². The van der Waals surface area contributed by atoms with E-state index in [1.165, 1.54) is 0 Å². The van der Waals surface area contributed by atoms with Gasteiger partial charge < -0.3 is 19.9 Å². The molecule has 3 aromatic carbocycles. The number of anilines is 1. The van der Waals surface area contributed by atoms with Gasteiger partial charge in [0.25, 0.3) is 5.56 Å². The van der Waals surface area contributed by atoms with E-state index >= 15 is 0 Å². The number of fused-ring (bicyclic) bond motifs is 1. The Balaban J connectivity index is 1.63. The Morgan fingerprint density at radius 3 is 2.44 bits per heavy atom. The summed E-state index contributed by atoms with van der Waals surface area (Å²) in [5, 5.41) is 3.89. The minimum Gasteiger partial charge on any atom is -0.495 e. The number of carbonyl (C=O) groups excluding carboxylic acids is 1. The summed E-state index contributed by atoms with van der Waals surface area (Å²) in [5.74, 6) is 0.577. The normalized spacial score (nSPS) is 10.8. The third-order valence-electron chi connectivity index (χ3n) is 6.05. The lowest BCUT2D eigenvalue weighted by atomic mass is 10.0. The van der Waals surface area contributed by atoms with E-state index in [0.717, 1.165) is 27.6 Å². The SMILES string of the molecule is COc1ccccc1NC(=O)N(CCc1ccccc1)Cc1cc2cc(C)c(C)cc2[nH]c1=O. The van der Waals surface area contributed by atoms with Gasteiger partial charge >= 0.3 is 6.03 Å². The van der Waals surface area contributed by atoms with Gasteiger partial charge in [-0.3, -0.25) is 4.79 Å². The molecule has 4 aromatic rings. The van der Waals surface area contributed by atoms with Crippen molar-refractivity contribution in [2.75, 3.05) is 19.0 Å². The average molecular weight is 456 g/mol. The number of H-pyrrole nitrogens is 1. The molecule has 0 aliphatic rings. The molecule has 1 aromatic heterocycles. The molecule has 0 saturated heterocycles. The van der Waals surface area contributed by atoms with Crippen molar-refractivity contribution in [3.63, 3.8) is 0 Å². The van der Waals surface area contributed by atoms with Crippen LogP contribution in [0.25, 0.3) is 10.9 Å². The minimum atomic E-state index is -0.292. The maximum absolute atomic E-state index is 13.3. The molecule has 174 valence electrons. The van der Waals surface area contributed by atoms with Gasteiger partial charge in [-0.1, -0.05) is 42.5 Å². The largest absolute Gasteiger partial charge is 0.495 e. The zero-order valence-corrected chi connectivity index (χ0v) is 19.7. The fourth-order valence-corrected chi connectivity index (χ4v) is 3.95. The Bertz CT molecular complexity index is 1360. The Morgan fingerprint density at radius 1 is 0.971 bits per heavy atom. The molecule has 0 aliphatic heterocycles. The summed E-state index contributed by atoms with van der Waals surface area (Å²) in [7, 11) is 1.57. The minimum absolute atomic E-state index is 0.187. The highest BCUT2D eigenvalue weighted by molar-refractivity contribution is 5.91. The third kappa shape index (κ3) is 5.29. The number of aromatic nitrogens is 1. The second-order valence-corrected chi connectivity index (χ2v) is 8.44. The lowest BCUT2D eigenvalue weighted by Crippen LogP contribution is -2.37. The second-order valence-electron chi connectivity index (χ2n) is 8.44. The van der Waals surface area contributed by atoms with E-state index in [0.29, 0.717) is 30.0 Å². The molecule has 4 rings (SSSR count). The molecule has 0 spiro atoms. The van der Waals surface area contributed by atoms with E-state index in [4.69, 9.17) is 4.74 Å². The van der Waals surface area contributed by atoms with Crippen LogP contribution in [0.5, 0.6) is 5.75 Å². The van der Waals surface area contributed by atoms with Gasteiger partial charge in [-0.05, 0) is 72.7 Å². The van der Waals surface area contributed by atoms with E-state index in [2.05, 4.69) is 16.4 Å². The van der Waals surface area contributed by atoms with Gasteiger partial charge in [-0.2, -0.15) is 0 Å². The first-order chi connectivity index (χ1) is 16.4. The van der Waals surface area contributed by atoms with Gasteiger partial charge in [0.05, 0.1) is 19.3 Å². The summed E-state index contributed by atoms with van der Waals surface area (Å²) >= 11 is 0. The maximum Gasteiger partial charge on any atom is 0.322 e. The van der Waals surface area contributed by atoms with Crippen LogP contribution < -0.4 is 15.6 Å². The van der Waals surface area contributed by atoms with Gasteiger partial charge in [0.15, 0.2) is 0 Å². The first-order valence-electron chi connectivity index (χ1n) is 11.3. The highest BCUT2D eigenvalue weighted by atomic mass is 16.5. The molecule has 2 amide bonds. The number of aryl methyl sites for hydroxylation is 2. The van der Waals surface area contributed by atoms with E-state index < -0.39 is 0 Å². The standard InChI is InChI=1S/C28H29N3O3/c1-19-15-22-17-23(27(32)29-25(22)16-20(19)2)18-31(14-13-21-9-5-4-6-10-21)28(33)30-24-11-7-8-12-26(24)34-3/h4-12,15-17H,13-14,18H2,1-3H3,(H,29,32)(H,30,33). The van der Waals surface area contributed by atoms with Crippen molar-refractivity contribution in [2.45, 2.75) is 26.8 Å². The van der Waals surface area contributed by atoms with Gasteiger partial charge in [0, 0.05) is 17.6 Å². The highest BCUT2D eigenvalue weighted by Crippen LogP contribution is 2.24. The number of hydrogen-bond donors (Lipinski definition) is 2. The Kier molecular flexibility index (Phi) is 6.97. The summed E-state index contributed by atoms with van der Waals surface area (Å²) < 4.78 is 5.37. The van der Waals surface area contributed by atoms with Crippen LogP contribution in [-0.4, -0.2) is 29.6 Å². The number of urea groups is 1. The smallest absolute Gasteiger partial charge is 0.322 e. The summed E-state index contributed by atoms with van der Waals surface area (Å²) in [6, 6.07) is 22.9. The number of ether oxygens (including phenoxy) is 1. The Hall–Kier alpha value is -4.06. The molecule has 6 heteroatoms. The molecular formula is C28H29N3O3. The third-order valence-corrected chi connectivity index (χ3v) is 6.05. The number of nitrogens with zero attached hydrogens (tertiary/aromatic N) is 1. The number of amides is 2. The molecule has 0 atom stereocenters. The van der Waals surface area contributed by atoms with Crippen molar-refractivity contribution >= 4 is 22.6 Å². The molecule has 0 fully saturated rings. The molecule has 0 radical (unpaired) electrons. The molecule has 0 saturated carbocycles. The molecule has 34 heavy (non-hydrogen) atoms. The highest BCUT2D eigenvalue weighted by Gasteiger charge is 2.18. The summed E-state index contributed by atoms with van der Waals surface area (Å²) in [6.45, 7) is 4.71. The number of carbonyl (C=O) groups is 1. The fourth-order valence-electron chi connectivity index (χ4n) is 3.95. The molecule has 0 aliphatic carbocycles. The van der Waals surface area contributed by atoms with Gasteiger partial charge in [0.2, 0.25) is 0 Å². The predicted molar refractivity (Wildman–Crippen MR) is 137 cm³/mol. The quantitative estimate of drug-likeness (QED) is 0.390. The van der Waals surface area contributed by atoms with Crippen molar-refractivity contribution in [2.24, 2.45) is 0 Å². The number of methoxy groups -OCH3 is 1. The van der Waals surface area contributed by atoms with Crippen LogP contribution in [0.15, 0.2) is 77.6 Å². The summed E-state index contributed by atoms with van der Waals surface area (Å²) in [6.07, 6.45) is 0.671. The van der Waals surface area contributed by atoms with E-state index in [-0.39, 0.29) is 18.1 Å². The molecule has 2 N–H and O–H groups in total. The monoisotopic (exact) mass is 455 g/mol. The summed E-state index contributed by atoms with van der Waals surface area (Å²) in [4.78, 5) is 30.9. The van der Waals surface area contributed by atoms with E-state index in [1.54, 1.807) is 24.1 Å². The van der Waals surface area contributed by atoms with Crippen molar-refractivity contribution in [1.29, 1.82) is 0 Å². The topological polar surface area (TPSA) is 74.4 Å². The van der Waals surface area contributed by atoms with Gasteiger partial charge in [-0.15, -0.1) is 0 Å². The molecule has 6 nitrogen and oxygen atoms in total. The van der Waals surface area contributed by atoms with Crippen molar-refractivity contribution in [3.05, 3.63) is 105 Å². The van der Waals surface area contributed by atoms with Gasteiger partial charge in [-0.25, -0.2) is 4.79 Å². The number of benzene rings is 3. The number of hydrogen-bond acceptors (Lipinski definition) is 3. The van der Waals surface area contributed by atoms with Crippen molar-refractivity contribution in [1.82, 2.24) is 9.88 Å². The zero-order chi connectivity index (χ0) is 24.1. The van der Waals surface area contributed by atoms with E-state index in [9.17, 15) is 9.59 Å². The molecule has 0 unspecified atom stereocenters. The zero-order valence-electron chi connectivity index (χ0n) is 19.7. The molecular weight excluding hydrogens is 426 g/mol. The maximum atomic E-state index is 13.3. The van der Waals surface area contributed by atoms with E-state index in [1.807, 2.05) is 68.4 Å². The second kappa shape index (κ2) is 10.3. The lowest BCUT2D eigenvalue weighted by molar-refractivity contribution is 0.209. The van der Waals surface area contributed by atoms with Crippen LogP contribution in [0.3, 0.4) is 0 Å². The van der Waals surface area contributed by atoms with Crippen LogP contribution >= 0.6 is 0 Å². The predicted octanol–water partition coefficient (Wildman–Crippen LogP) is 5.43. The lowest BCUT2D eigenvalue weighted by Gasteiger charge is -2.24. The van der Waals surface area contributed by atoms with Crippen LogP contribution in [-0.2, 0) is 13.0 Å². The number of rotatable bonds is 7. The van der Waals surface area contributed by atoms with Crippen LogP contribution in [0.1, 0.15) is 22.3 Å². The number of aromatic amines is 1. The van der Waals surface area contributed by atoms with Crippen molar-refractivity contribution < 1.29 is 9.53 Å². The first-order valence-corrected chi connectivity index (χ1v) is 11.3. The number of pyridine rings is 1. The van der Waals surface area contributed by atoms with Crippen molar-refractivity contribution in [3.8, 4) is 5.75 Å². The van der Waals surface area contributed by atoms with Crippen LogP contribution in [0.2, 0.25) is 0 Å². The average Bonchev–Trinajstić information content (AvgIpc) is 2.84. The Morgan fingerprint density at radius 2 is 1.68 bits per heavy atom. The number of nitrogens with one attached hydrogen (secondary N) is 2. The van der Waals surface area contributed by atoms with Gasteiger partial charge in [0.1, 0.15) is 5.75 Å². The molecule has 1 heterocycles. The first kappa shape index (κ1) is 23.1. The van der Waals surface area contributed by atoms with Crippen LogP contribution in [0.4, 0.5) is 10.5 Å². The fraction of sp³-hybridized carbons (Fsp3) is 0.214.